The molecule has 1 saturated heterocycles. The predicted octanol–water partition coefficient (Wildman–Crippen LogP) is 2.56. The van der Waals surface area contributed by atoms with Gasteiger partial charge in [-0.05, 0) is 61.6 Å². The number of halogens is 2. The van der Waals surface area contributed by atoms with Crippen LogP contribution in [0.15, 0.2) is 47.5 Å². The normalized spacial score (nSPS) is 30.5. The molecule has 2 saturated carbocycles. The lowest BCUT2D eigenvalue weighted by Gasteiger charge is -2.34. The van der Waals surface area contributed by atoms with E-state index < -0.39 is 87.3 Å². The van der Waals surface area contributed by atoms with Gasteiger partial charge in [-0.2, -0.15) is 5.26 Å². The number of hydrogen-bond acceptors (Lipinski definition) is 7. The van der Waals surface area contributed by atoms with Gasteiger partial charge < -0.3 is 15.7 Å². The Morgan fingerprint density at radius 2 is 1.88 bits per heavy atom. The molecule has 41 heavy (non-hydrogen) atoms. The van der Waals surface area contributed by atoms with Gasteiger partial charge in [0.05, 0.1) is 34.1 Å². The average Bonchev–Trinajstić information content (AvgIpc) is 3.37. The minimum Gasteiger partial charge on any atom is -0.481 e. The van der Waals surface area contributed by atoms with Crippen molar-refractivity contribution in [2.45, 2.75) is 48.7 Å². The number of amides is 2. The first-order valence-electron chi connectivity index (χ1n) is 13.1. The van der Waals surface area contributed by atoms with Crippen molar-refractivity contribution in [1.29, 1.82) is 5.26 Å². The second-order valence-corrected chi connectivity index (χ2v) is 13.5. The van der Waals surface area contributed by atoms with Gasteiger partial charge in [0.25, 0.3) is 5.92 Å². The summed E-state index contributed by atoms with van der Waals surface area (Å²) in [6.45, 7) is 0.534. The Bertz CT molecular complexity index is 1610. The van der Waals surface area contributed by atoms with Crippen molar-refractivity contribution in [3.8, 4) is 17.2 Å². The second-order valence-electron chi connectivity index (χ2n) is 11.3. The third kappa shape index (κ3) is 4.54. The van der Waals surface area contributed by atoms with Crippen LogP contribution in [0, 0.1) is 40.9 Å². The molecule has 13 heteroatoms. The zero-order valence-electron chi connectivity index (χ0n) is 22.1. The molecule has 1 aromatic carbocycles. The molecule has 3 aliphatic rings. The van der Waals surface area contributed by atoms with E-state index in [1.54, 1.807) is 43.5 Å². The van der Waals surface area contributed by atoms with Crippen LogP contribution in [-0.2, 0) is 24.2 Å². The van der Waals surface area contributed by atoms with Crippen LogP contribution in [0.1, 0.15) is 31.4 Å². The van der Waals surface area contributed by atoms with Crippen molar-refractivity contribution in [2.75, 3.05) is 13.1 Å². The van der Waals surface area contributed by atoms with E-state index in [0.29, 0.717) is 16.8 Å². The van der Waals surface area contributed by atoms with Crippen LogP contribution in [0.4, 0.5) is 8.78 Å². The Balaban J connectivity index is 1.57. The SMILES string of the molecule is Cc1cc(-c2cccc(S(=O)(=O)[C@@H]3C[C@@H](C(=O)N4CCC(F)(F)C4)[C@](C(=O)O)(C4CC4(C#N)C(N)=O)C3)c2)ccn1. The third-order valence-corrected chi connectivity index (χ3v) is 11.1. The van der Waals surface area contributed by atoms with Crippen LogP contribution in [-0.4, -0.2) is 65.5 Å². The number of carbonyl (C=O) groups is 3. The van der Waals surface area contributed by atoms with Crippen molar-refractivity contribution in [3.63, 3.8) is 0 Å². The van der Waals surface area contributed by atoms with Gasteiger partial charge in [0, 0.05) is 30.8 Å². The number of alkyl halides is 2. The summed E-state index contributed by atoms with van der Waals surface area (Å²) in [4.78, 5) is 43.8. The molecule has 3 fully saturated rings. The van der Waals surface area contributed by atoms with Crippen LogP contribution in [0.2, 0.25) is 0 Å². The maximum atomic E-state index is 14.0. The molecule has 0 spiro atoms. The van der Waals surface area contributed by atoms with E-state index >= 15 is 0 Å². The van der Waals surface area contributed by atoms with E-state index in [1.165, 1.54) is 12.1 Å². The average molecular weight is 587 g/mol. The van der Waals surface area contributed by atoms with E-state index in [9.17, 15) is 42.0 Å². The molecular formula is C28H28F2N4O6S. The van der Waals surface area contributed by atoms with E-state index in [-0.39, 0.29) is 17.9 Å². The first-order valence-corrected chi connectivity index (χ1v) is 14.6. The topological polar surface area (TPSA) is 172 Å². The number of aryl methyl sites for hydroxylation is 1. The summed E-state index contributed by atoms with van der Waals surface area (Å²) in [5, 5.41) is 18.9. The Morgan fingerprint density at radius 1 is 1.17 bits per heavy atom. The van der Waals surface area contributed by atoms with E-state index in [1.807, 2.05) is 0 Å². The smallest absolute Gasteiger partial charge is 0.310 e. The largest absolute Gasteiger partial charge is 0.481 e. The number of carbonyl (C=O) groups excluding carboxylic acids is 2. The molecular weight excluding hydrogens is 558 g/mol. The van der Waals surface area contributed by atoms with Crippen LogP contribution in [0.5, 0.6) is 0 Å². The maximum absolute atomic E-state index is 14.0. The van der Waals surface area contributed by atoms with E-state index in [2.05, 4.69) is 4.98 Å². The van der Waals surface area contributed by atoms with Gasteiger partial charge in [0.15, 0.2) is 9.84 Å². The summed E-state index contributed by atoms with van der Waals surface area (Å²) in [6, 6.07) is 11.3. The number of aromatic nitrogens is 1. The first-order chi connectivity index (χ1) is 19.2. The molecule has 5 atom stereocenters. The Morgan fingerprint density at radius 3 is 2.44 bits per heavy atom. The summed E-state index contributed by atoms with van der Waals surface area (Å²) in [5.41, 5.74) is 3.39. The number of hydrogen-bond donors (Lipinski definition) is 2. The number of nitrogens with zero attached hydrogens (tertiary/aromatic N) is 3. The summed E-state index contributed by atoms with van der Waals surface area (Å²) in [5.74, 6) is -9.54. The number of pyridine rings is 1. The lowest BCUT2D eigenvalue weighted by atomic mass is 9.70. The summed E-state index contributed by atoms with van der Waals surface area (Å²) in [7, 11) is -4.26. The number of aliphatic carboxylic acids is 1. The van der Waals surface area contributed by atoms with E-state index in [0.717, 1.165) is 4.90 Å². The number of carboxylic acid groups (broad SMARTS) is 1. The molecule has 1 aliphatic heterocycles. The number of likely N-dealkylation sites (tertiary alicyclic amines) is 1. The number of nitrogens with two attached hydrogens (primary N) is 1. The quantitative estimate of drug-likeness (QED) is 0.498. The van der Waals surface area contributed by atoms with Gasteiger partial charge in [-0.15, -0.1) is 0 Å². The molecule has 2 aromatic rings. The molecule has 2 aliphatic carbocycles. The fourth-order valence-corrected chi connectivity index (χ4v) is 8.54. The minimum absolute atomic E-state index is 0.105. The van der Waals surface area contributed by atoms with Gasteiger partial charge in [0.1, 0.15) is 5.41 Å². The van der Waals surface area contributed by atoms with Crippen molar-refractivity contribution in [2.24, 2.45) is 28.4 Å². The zero-order valence-corrected chi connectivity index (χ0v) is 22.9. The first kappa shape index (κ1) is 28.6. The maximum Gasteiger partial charge on any atom is 0.310 e. The molecule has 5 rings (SSSR count). The number of carboxylic acids is 1. The van der Waals surface area contributed by atoms with E-state index in [4.69, 9.17) is 5.73 Å². The van der Waals surface area contributed by atoms with Crippen LogP contribution >= 0.6 is 0 Å². The molecule has 0 bridgehead atoms. The Labute approximate surface area is 235 Å². The summed E-state index contributed by atoms with van der Waals surface area (Å²) >= 11 is 0. The van der Waals surface area contributed by atoms with Crippen molar-refractivity contribution >= 4 is 27.6 Å². The van der Waals surface area contributed by atoms with Gasteiger partial charge in [0.2, 0.25) is 11.8 Å². The van der Waals surface area contributed by atoms with Crippen LogP contribution in [0.25, 0.3) is 11.1 Å². The fourth-order valence-electron chi connectivity index (χ4n) is 6.65. The molecule has 2 unspecified atom stereocenters. The minimum atomic E-state index is -4.26. The molecule has 216 valence electrons. The molecule has 3 N–H and O–H groups in total. The van der Waals surface area contributed by atoms with Gasteiger partial charge in [-0.25, -0.2) is 17.2 Å². The highest BCUT2D eigenvalue weighted by molar-refractivity contribution is 7.92. The third-order valence-electron chi connectivity index (χ3n) is 8.92. The summed E-state index contributed by atoms with van der Waals surface area (Å²) in [6.07, 6.45) is -0.343. The van der Waals surface area contributed by atoms with Gasteiger partial charge >= 0.3 is 5.97 Å². The molecule has 10 nitrogen and oxygen atoms in total. The molecule has 2 heterocycles. The van der Waals surface area contributed by atoms with Gasteiger partial charge in [-0.3, -0.25) is 19.4 Å². The standard InChI is InChI=1S/C28H28F2N4O6S/c1-16-9-18(5-7-33-16)17-3-2-4-19(10-17)41(39,40)20-11-21(23(35)34-8-6-27(29,30)15-34)28(12-20,25(37)38)22-13-26(22,14-31)24(32)36/h2-5,7,9-10,20-22H,6,8,11-13,15H2,1H3,(H2,32,36)(H,37,38)/t20-,21+,22?,26?,28+/m1/s1. The number of nitriles is 1. The molecule has 0 radical (unpaired) electrons. The van der Waals surface area contributed by atoms with Crippen molar-refractivity contribution < 1.29 is 36.7 Å². The Kier molecular flexibility index (Phi) is 6.68. The fraction of sp³-hybridized carbons (Fsp3) is 0.464. The number of sulfone groups is 1. The Hall–Kier alpha value is -3.92. The second kappa shape index (κ2) is 9.58. The number of rotatable bonds is 7. The van der Waals surface area contributed by atoms with Crippen LogP contribution in [0.3, 0.4) is 0 Å². The van der Waals surface area contributed by atoms with Crippen molar-refractivity contribution in [1.82, 2.24) is 9.88 Å². The van der Waals surface area contributed by atoms with Gasteiger partial charge in [-0.1, -0.05) is 12.1 Å². The monoisotopic (exact) mass is 586 g/mol. The number of benzene rings is 1. The lowest BCUT2D eigenvalue weighted by Crippen LogP contribution is -2.48. The highest BCUT2D eigenvalue weighted by Gasteiger charge is 2.76. The highest BCUT2D eigenvalue weighted by Crippen LogP contribution is 2.68. The zero-order chi connectivity index (χ0) is 30.0. The highest BCUT2D eigenvalue weighted by atomic mass is 32.2. The molecule has 2 amide bonds. The predicted molar refractivity (Wildman–Crippen MR) is 140 cm³/mol. The van der Waals surface area contributed by atoms with Crippen LogP contribution < -0.4 is 5.73 Å². The lowest BCUT2D eigenvalue weighted by molar-refractivity contribution is -0.160. The molecule has 1 aromatic heterocycles. The summed E-state index contributed by atoms with van der Waals surface area (Å²) < 4.78 is 56.0. The number of primary amides is 1. The van der Waals surface area contributed by atoms with Crippen molar-refractivity contribution in [3.05, 3.63) is 48.3 Å².